The van der Waals surface area contributed by atoms with E-state index >= 15 is 0 Å². The van der Waals surface area contributed by atoms with Gasteiger partial charge in [0.25, 0.3) is 0 Å². The molecule has 0 heterocycles. The highest BCUT2D eigenvalue weighted by Gasteiger charge is 2.36. The molecular formula is C12H24N2O2S. The Morgan fingerprint density at radius 2 is 1.94 bits per heavy atom. The molecule has 0 fully saturated rings. The van der Waals surface area contributed by atoms with Gasteiger partial charge in [0.1, 0.15) is 5.04 Å². The van der Waals surface area contributed by atoms with E-state index in [2.05, 4.69) is 24.3 Å². The van der Waals surface area contributed by atoms with E-state index in [-0.39, 0.29) is 11.3 Å². The molecule has 1 unspecified atom stereocenters. The lowest BCUT2D eigenvalue weighted by atomic mass is 9.80. The van der Waals surface area contributed by atoms with Gasteiger partial charge in [0.05, 0.1) is 5.92 Å². The van der Waals surface area contributed by atoms with E-state index in [1.54, 1.807) is 7.05 Å². The molecular weight excluding hydrogens is 236 g/mol. The first-order chi connectivity index (χ1) is 7.73. The minimum absolute atomic E-state index is 0.110. The van der Waals surface area contributed by atoms with Crippen molar-refractivity contribution in [3.63, 3.8) is 0 Å². The number of nitrogens with zero attached hydrogens (tertiary/aromatic N) is 1. The molecule has 4 nitrogen and oxygen atoms in total. The second-order valence-electron chi connectivity index (χ2n) is 5.56. The zero-order valence-electron chi connectivity index (χ0n) is 11.6. The maximum atomic E-state index is 11.9. The summed E-state index contributed by atoms with van der Waals surface area (Å²) in [6.45, 7) is 10.1. The zero-order valence-corrected chi connectivity index (χ0v) is 12.4. The SMILES string of the molecule is CNC(=O)C(/C(=N/O)SCC(C)C)C(C)(C)C. The average molecular weight is 260 g/mol. The van der Waals surface area contributed by atoms with Gasteiger partial charge in [-0.25, -0.2) is 0 Å². The summed E-state index contributed by atoms with van der Waals surface area (Å²) in [6.07, 6.45) is 0. The van der Waals surface area contributed by atoms with Crippen LogP contribution in [-0.4, -0.2) is 29.0 Å². The maximum absolute atomic E-state index is 11.9. The second-order valence-corrected chi connectivity index (χ2v) is 6.60. The van der Waals surface area contributed by atoms with Crippen LogP contribution >= 0.6 is 11.8 Å². The lowest BCUT2D eigenvalue weighted by Gasteiger charge is -2.29. The predicted octanol–water partition coefficient (Wildman–Crippen LogP) is 2.57. The fraction of sp³-hybridized carbons (Fsp3) is 0.833. The molecule has 0 spiro atoms. The highest BCUT2D eigenvalue weighted by Crippen LogP contribution is 2.32. The summed E-state index contributed by atoms with van der Waals surface area (Å²) in [6, 6.07) is 0. The smallest absolute Gasteiger partial charge is 0.230 e. The second kappa shape index (κ2) is 6.89. The Hall–Kier alpha value is -0.710. The standard InChI is InChI=1S/C12H24N2O2S/c1-8(2)7-17-11(14-16)9(10(15)13-6)12(3,4)5/h8-9,16H,7H2,1-6H3,(H,13,15)/b14-11-. The number of amides is 1. The number of oxime groups is 1. The van der Waals surface area contributed by atoms with Crippen LogP contribution in [0, 0.1) is 17.3 Å². The first-order valence-electron chi connectivity index (χ1n) is 5.80. The zero-order chi connectivity index (χ0) is 13.6. The molecule has 1 atom stereocenters. The minimum atomic E-state index is -0.416. The van der Waals surface area contributed by atoms with Crippen LogP contribution in [0.4, 0.5) is 0 Å². The summed E-state index contributed by atoms with van der Waals surface area (Å²) in [7, 11) is 1.60. The molecule has 0 saturated carbocycles. The number of carbonyl (C=O) groups excluding carboxylic acids is 1. The van der Waals surface area contributed by atoms with Crippen molar-refractivity contribution in [1.82, 2.24) is 5.32 Å². The largest absolute Gasteiger partial charge is 0.410 e. The number of hydrogen-bond acceptors (Lipinski definition) is 4. The van der Waals surface area contributed by atoms with E-state index in [0.717, 1.165) is 5.75 Å². The van der Waals surface area contributed by atoms with Crippen LogP contribution in [-0.2, 0) is 4.79 Å². The predicted molar refractivity (Wildman–Crippen MR) is 73.5 cm³/mol. The number of rotatable bonds is 4. The van der Waals surface area contributed by atoms with Crippen molar-refractivity contribution in [3.05, 3.63) is 0 Å². The van der Waals surface area contributed by atoms with Gasteiger partial charge in [-0.2, -0.15) is 0 Å². The Morgan fingerprint density at radius 1 is 1.41 bits per heavy atom. The van der Waals surface area contributed by atoms with Gasteiger partial charge >= 0.3 is 0 Å². The molecule has 0 aromatic carbocycles. The van der Waals surface area contributed by atoms with Crippen molar-refractivity contribution in [2.24, 2.45) is 22.4 Å². The molecule has 2 N–H and O–H groups in total. The van der Waals surface area contributed by atoms with Crippen molar-refractivity contribution >= 4 is 22.7 Å². The Kier molecular flexibility index (Phi) is 6.60. The molecule has 100 valence electrons. The Labute approximate surface area is 108 Å². The van der Waals surface area contributed by atoms with Crippen molar-refractivity contribution in [1.29, 1.82) is 0 Å². The van der Waals surface area contributed by atoms with Crippen LogP contribution in [0.1, 0.15) is 34.6 Å². The fourth-order valence-electron chi connectivity index (χ4n) is 1.44. The van der Waals surface area contributed by atoms with E-state index in [1.807, 2.05) is 20.8 Å². The third-order valence-electron chi connectivity index (χ3n) is 2.28. The number of hydrogen-bond donors (Lipinski definition) is 2. The highest BCUT2D eigenvalue weighted by atomic mass is 32.2. The van der Waals surface area contributed by atoms with Crippen molar-refractivity contribution < 1.29 is 10.0 Å². The summed E-state index contributed by atoms with van der Waals surface area (Å²) < 4.78 is 0. The topological polar surface area (TPSA) is 61.7 Å². The third-order valence-corrected chi connectivity index (χ3v) is 3.73. The van der Waals surface area contributed by atoms with E-state index in [1.165, 1.54) is 11.8 Å². The van der Waals surface area contributed by atoms with E-state index in [4.69, 9.17) is 5.21 Å². The molecule has 0 aromatic heterocycles. The van der Waals surface area contributed by atoms with E-state index < -0.39 is 5.92 Å². The van der Waals surface area contributed by atoms with Crippen LogP contribution < -0.4 is 5.32 Å². The normalized spacial score (nSPS) is 14.9. The molecule has 0 aliphatic heterocycles. The lowest BCUT2D eigenvalue weighted by Crippen LogP contribution is -2.40. The van der Waals surface area contributed by atoms with Gasteiger partial charge in [0.15, 0.2) is 0 Å². The monoisotopic (exact) mass is 260 g/mol. The van der Waals surface area contributed by atoms with Gasteiger partial charge in [-0.3, -0.25) is 4.79 Å². The van der Waals surface area contributed by atoms with Crippen LogP contribution in [0.5, 0.6) is 0 Å². The van der Waals surface area contributed by atoms with Crippen LogP contribution in [0.15, 0.2) is 5.16 Å². The summed E-state index contributed by atoms with van der Waals surface area (Å²) in [5, 5.41) is 15.5. The summed E-state index contributed by atoms with van der Waals surface area (Å²) in [5.41, 5.74) is -0.272. The number of carbonyl (C=O) groups is 1. The minimum Gasteiger partial charge on any atom is -0.410 e. The molecule has 0 radical (unpaired) electrons. The molecule has 0 aliphatic rings. The van der Waals surface area contributed by atoms with Gasteiger partial charge < -0.3 is 10.5 Å². The molecule has 5 heteroatoms. The molecule has 1 amide bonds. The van der Waals surface area contributed by atoms with Crippen LogP contribution in [0.3, 0.4) is 0 Å². The number of thioether (sulfide) groups is 1. The average Bonchev–Trinajstić information content (AvgIpc) is 2.20. The van der Waals surface area contributed by atoms with E-state index in [9.17, 15) is 4.79 Å². The van der Waals surface area contributed by atoms with Crippen molar-refractivity contribution in [3.8, 4) is 0 Å². The number of nitrogens with one attached hydrogen (secondary N) is 1. The Bertz CT molecular complexity index is 283. The van der Waals surface area contributed by atoms with Gasteiger partial charge in [0.2, 0.25) is 5.91 Å². The van der Waals surface area contributed by atoms with Crippen LogP contribution in [0.2, 0.25) is 0 Å². The molecule has 17 heavy (non-hydrogen) atoms. The van der Waals surface area contributed by atoms with Gasteiger partial charge in [-0.1, -0.05) is 39.8 Å². The Morgan fingerprint density at radius 3 is 2.24 bits per heavy atom. The molecule has 0 aromatic rings. The fourth-order valence-corrected chi connectivity index (χ4v) is 2.63. The summed E-state index contributed by atoms with van der Waals surface area (Å²) >= 11 is 1.45. The Balaban J connectivity index is 4.95. The summed E-state index contributed by atoms with van der Waals surface area (Å²) in [5.74, 6) is 0.799. The van der Waals surface area contributed by atoms with Crippen molar-refractivity contribution in [2.45, 2.75) is 34.6 Å². The summed E-state index contributed by atoms with van der Waals surface area (Å²) in [4.78, 5) is 11.9. The molecule has 0 bridgehead atoms. The van der Waals surface area contributed by atoms with E-state index in [0.29, 0.717) is 11.0 Å². The van der Waals surface area contributed by atoms with Gasteiger partial charge in [-0.05, 0) is 11.3 Å². The quantitative estimate of drug-likeness (QED) is 0.353. The van der Waals surface area contributed by atoms with Gasteiger partial charge in [0, 0.05) is 12.8 Å². The first kappa shape index (κ1) is 16.3. The third kappa shape index (κ3) is 5.44. The lowest BCUT2D eigenvalue weighted by molar-refractivity contribution is -0.124. The van der Waals surface area contributed by atoms with Crippen molar-refractivity contribution in [2.75, 3.05) is 12.8 Å². The molecule has 0 rings (SSSR count). The molecule has 0 saturated heterocycles. The van der Waals surface area contributed by atoms with Crippen LogP contribution in [0.25, 0.3) is 0 Å². The maximum Gasteiger partial charge on any atom is 0.230 e. The first-order valence-corrected chi connectivity index (χ1v) is 6.79. The highest BCUT2D eigenvalue weighted by molar-refractivity contribution is 8.14. The molecule has 0 aliphatic carbocycles. The van der Waals surface area contributed by atoms with Gasteiger partial charge in [-0.15, -0.1) is 11.8 Å².